The molecular formula is C15H24N2O3S. The number of hydrogen-bond acceptors (Lipinski definition) is 4. The molecule has 0 saturated carbocycles. The van der Waals surface area contributed by atoms with Gasteiger partial charge in [-0.15, -0.1) is 0 Å². The SMILES string of the molecule is Cc1cc(C)c(S(=O)(=O)NC2CCOC(C)C2)cc1CN. The summed E-state index contributed by atoms with van der Waals surface area (Å²) in [6, 6.07) is 3.50. The van der Waals surface area contributed by atoms with Gasteiger partial charge in [-0.1, -0.05) is 6.07 Å². The van der Waals surface area contributed by atoms with Gasteiger partial charge < -0.3 is 10.5 Å². The molecule has 0 aliphatic carbocycles. The minimum absolute atomic E-state index is 0.0687. The van der Waals surface area contributed by atoms with E-state index in [0.717, 1.165) is 16.7 Å². The molecule has 6 heteroatoms. The average molecular weight is 312 g/mol. The second kappa shape index (κ2) is 6.44. The molecule has 1 heterocycles. The van der Waals surface area contributed by atoms with Crippen LogP contribution in [0.5, 0.6) is 0 Å². The average Bonchev–Trinajstić information content (AvgIpc) is 2.37. The predicted molar refractivity (Wildman–Crippen MR) is 82.6 cm³/mol. The first-order chi connectivity index (χ1) is 9.83. The molecule has 5 nitrogen and oxygen atoms in total. The number of nitrogens with one attached hydrogen (secondary N) is 1. The first-order valence-electron chi connectivity index (χ1n) is 7.27. The van der Waals surface area contributed by atoms with E-state index in [1.807, 2.05) is 26.8 Å². The van der Waals surface area contributed by atoms with Crippen LogP contribution in [0.25, 0.3) is 0 Å². The minimum Gasteiger partial charge on any atom is -0.378 e. The third-order valence-corrected chi connectivity index (χ3v) is 5.61. The summed E-state index contributed by atoms with van der Waals surface area (Å²) in [5.74, 6) is 0. The minimum atomic E-state index is -3.52. The summed E-state index contributed by atoms with van der Waals surface area (Å²) in [5, 5.41) is 0. The lowest BCUT2D eigenvalue weighted by atomic mass is 10.1. The first-order valence-corrected chi connectivity index (χ1v) is 8.76. The van der Waals surface area contributed by atoms with Gasteiger partial charge in [0, 0.05) is 19.2 Å². The Bertz CT molecular complexity index is 614. The highest BCUT2D eigenvalue weighted by atomic mass is 32.2. The van der Waals surface area contributed by atoms with E-state index in [1.54, 1.807) is 6.07 Å². The van der Waals surface area contributed by atoms with Crippen molar-refractivity contribution in [2.45, 2.75) is 57.2 Å². The van der Waals surface area contributed by atoms with Crippen LogP contribution in [0.1, 0.15) is 36.5 Å². The molecule has 2 rings (SSSR count). The number of ether oxygens (including phenoxy) is 1. The van der Waals surface area contributed by atoms with Crippen LogP contribution in [0.3, 0.4) is 0 Å². The monoisotopic (exact) mass is 312 g/mol. The van der Waals surface area contributed by atoms with Crippen molar-refractivity contribution in [1.29, 1.82) is 0 Å². The summed E-state index contributed by atoms with van der Waals surface area (Å²) >= 11 is 0. The van der Waals surface area contributed by atoms with Crippen LogP contribution in [0.4, 0.5) is 0 Å². The largest absolute Gasteiger partial charge is 0.378 e. The molecule has 0 amide bonds. The van der Waals surface area contributed by atoms with Crippen molar-refractivity contribution in [3.63, 3.8) is 0 Å². The lowest BCUT2D eigenvalue weighted by Crippen LogP contribution is -2.41. The third-order valence-electron chi connectivity index (χ3n) is 3.95. The Kier molecular flexibility index (Phi) is 5.03. The van der Waals surface area contributed by atoms with Crippen LogP contribution < -0.4 is 10.5 Å². The van der Waals surface area contributed by atoms with Gasteiger partial charge in [0.25, 0.3) is 0 Å². The van der Waals surface area contributed by atoms with E-state index >= 15 is 0 Å². The number of aryl methyl sites for hydroxylation is 2. The van der Waals surface area contributed by atoms with Crippen molar-refractivity contribution in [2.24, 2.45) is 5.73 Å². The Balaban J connectivity index is 2.27. The van der Waals surface area contributed by atoms with Crippen molar-refractivity contribution in [2.75, 3.05) is 6.61 Å². The molecule has 1 aromatic rings. The van der Waals surface area contributed by atoms with Crippen LogP contribution in [0, 0.1) is 13.8 Å². The maximum absolute atomic E-state index is 12.6. The van der Waals surface area contributed by atoms with Crippen LogP contribution >= 0.6 is 0 Å². The fraction of sp³-hybridized carbons (Fsp3) is 0.600. The number of sulfonamides is 1. The maximum Gasteiger partial charge on any atom is 0.241 e. The summed E-state index contributed by atoms with van der Waals surface area (Å²) in [6.07, 6.45) is 1.50. The first kappa shape index (κ1) is 16.4. The summed E-state index contributed by atoms with van der Waals surface area (Å²) in [4.78, 5) is 0.327. The lowest BCUT2D eigenvalue weighted by Gasteiger charge is -2.28. The van der Waals surface area contributed by atoms with Gasteiger partial charge >= 0.3 is 0 Å². The second-order valence-electron chi connectivity index (χ2n) is 5.77. The summed E-state index contributed by atoms with van der Waals surface area (Å²) in [5.41, 5.74) is 8.32. The molecule has 0 bridgehead atoms. The van der Waals surface area contributed by atoms with Crippen molar-refractivity contribution in [3.8, 4) is 0 Å². The summed E-state index contributed by atoms with van der Waals surface area (Å²) < 4.78 is 33.5. The van der Waals surface area contributed by atoms with E-state index < -0.39 is 10.0 Å². The molecule has 3 N–H and O–H groups in total. The van der Waals surface area contributed by atoms with E-state index in [9.17, 15) is 8.42 Å². The summed E-state index contributed by atoms with van der Waals surface area (Å²) in [7, 11) is -3.52. The lowest BCUT2D eigenvalue weighted by molar-refractivity contribution is 0.0173. The van der Waals surface area contributed by atoms with Crippen molar-refractivity contribution in [3.05, 3.63) is 28.8 Å². The molecule has 1 aliphatic rings. The van der Waals surface area contributed by atoms with Gasteiger partial charge in [-0.2, -0.15) is 0 Å². The molecule has 0 aromatic heterocycles. The van der Waals surface area contributed by atoms with Gasteiger partial charge in [0.05, 0.1) is 11.0 Å². The number of rotatable bonds is 4. The highest BCUT2D eigenvalue weighted by Gasteiger charge is 2.26. The third kappa shape index (κ3) is 3.83. The zero-order valence-corrected chi connectivity index (χ0v) is 13.7. The topological polar surface area (TPSA) is 81.4 Å². The molecule has 21 heavy (non-hydrogen) atoms. The van der Waals surface area contributed by atoms with Crippen LogP contribution in [0.15, 0.2) is 17.0 Å². The quantitative estimate of drug-likeness (QED) is 0.885. The van der Waals surface area contributed by atoms with Gasteiger partial charge in [0.2, 0.25) is 10.0 Å². The zero-order valence-electron chi connectivity index (χ0n) is 12.8. The number of nitrogens with two attached hydrogens (primary N) is 1. The molecule has 1 aliphatic heterocycles. The fourth-order valence-electron chi connectivity index (χ4n) is 2.77. The zero-order chi connectivity index (χ0) is 15.6. The standard InChI is InChI=1S/C15H24N2O3S/c1-10-6-11(2)15(8-13(10)9-16)21(18,19)17-14-4-5-20-12(3)7-14/h6,8,12,14,17H,4-5,7,9,16H2,1-3H3. The molecule has 1 aromatic carbocycles. The Labute approximate surface area is 126 Å². The van der Waals surface area contributed by atoms with Crippen LogP contribution in [-0.2, 0) is 21.3 Å². The van der Waals surface area contributed by atoms with Crippen molar-refractivity contribution in [1.82, 2.24) is 4.72 Å². The van der Waals surface area contributed by atoms with Crippen LogP contribution in [-0.4, -0.2) is 27.2 Å². The molecule has 1 saturated heterocycles. The van der Waals surface area contributed by atoms with Gasteiger partial charge in [0.15, 0.2) is 0 Å². The molecule has 2 atom stereocenters. The van der Waals surface area contributed by atoms with E-state index in [0.29, 0.717) is 30.9 Å². The van der Waals surface area contributed by atoms with Gasteiger partial charge in [0.1, 0.15) is 0 Å². The predicted octanol–water partition coefficient (Wildman–Crippen LogP) is 1.61. The highest BCUT2D eigenvalue weighted by molar-refractivity contribution is 7.89. The smallest absolute Gasteiger partial charge is 0.241 e. The maximum atomic E-state index is 12.6. The Morgan fingerprint density at radius 2 is 2.05 bits per heavy atom. The Morgan fingerprint density at radius 3 is 2.67 bits per heavy atom. The molecule has 1 fully saturated rings. The molecular weight excluding hydrogens is 288 g/mol. The molecule has 118 valence electrons. The van der Waals surface area contributed by atoms with Gasteiger partial charge in [-0.3, -0.25) is 0 Å². The van der Waals surface area contributed by atoms with Gasteiger partial charge in [-0.05, 0) is 56.4 Å². The number of hydrogen-bond donors (Lipinski definition) is 2. The van der Waals surface area contributed by atoms with E-state index in [1.165, 1.54) is 0 Å². The second-order valence-corrected chi connectivity index (χ2v) is 7.45. The fourth-order valence-corrected chi connectivity index (χ4v) is 4.33. The van der Waals surface area contributed by atoms with Gasteiger partial charge in [-0.25, -0.2) is 13.1 Å². The highest BCUT2D eigenvalue weighted by Crippen LogP contribution is 2.22. The van der Waals surface area contributed by atoms with E-state index in [4.69, 9.17) is 10.5 Å². The molecule has 2 unspecified atom stereocenters. The van der Waals surface area contributed by atoms with Crippen molar-refractivity contribution >= 4 is 10.0 Å². The Hall–Kier alpha value is -0.950. The normalized spacial score (nSPS) is 23.2. The summed E-state index contributed by atoms with van der Waals surface area (Å²) in [6.45, 7) is 6.65. The molecule has 0 radical (unpaired) electrons. The van der Waals surface area contributed by atoms with Crippen LogP contribution in [0.2, 0.25) is 0 Å². The molecule has 0 spiro atoms. The van der Waals surface area contributed by atoms with E-state index in [2.05, 4.69) is 4.72 Å². The number of benzene rings is 1. The van der Waals surface area contributed by atoms with E-state index in [-0.39, 0.29) is 12.1 Å². The Morgan fingerprint density at radius 1 is 1.33 bits per heavy atom. The van der Waals surface area contributed by atoms with Crippen molar-refractivity contribution < 1.29 is 13.2 Å².